The third-order valence-corrected chi connectivity index (χ3v) is 5.54. The van der Waals surface area contributed by atoms with Gasteiger partial charge in [-0.25, -0.2) is 4.79 Å². The largest absolute Gasteiger partial charge is 0.373 e. The van der Waals surface area contributed by atoms with Gasteiger partial charge in [-0.3, -0.25) is 4.79 Å². The average Bonchev–Trinajstić information content (AvgIpc) is 2.81. The second kappa shape index (κ2) is 11.6. The van der Waals surface area contributed by atoms with Gasteiger partial charge in [0.25, 0.3) is 5.91 Å². The van der Waals surface area contributed by atoms with E-state index in [1.807, 2.05) is 80.5 Å². The monoisotopic (exact) mass is 438 g/mol. The van der Waals surface area contributed by atoms with E-state index < -0.39 is 0 Å². The number of rotatable bonds is 8. The molecule has 0 bridgehead atoms. The molecule has 1 saturated heterocycles. The van der Waals surface area contributed by atoms with Crippen molar-refractivity contribution in [1.29, 1.82) is 0 Å². The fourth-order valence-corrected chi connectivity index (χ4v) is 3.62. The standard InChI is InChI=1S/C25H34N4O3/c1-20-9-11-22(12-10-20)24(30)28(14-13-27(2)3)18-23-19-29(15-16-32-23)25(31)26-17-21-7-5-4-6-8-21/h4-12,23H,13-19H2,1-3H3,(H,26,31). The highest BCUT2D eigenvalue weighted by Gasteiger charge is 2.28. The normalized spacial score (nSPS) is 16.1. The average molecular weight is 439 g/mol. The zero-order chi connectivity index (χ0) is 22.9. The zero-order valence-corrected chi connectivity index (χ0v) is 19.3. The van der Waals surface area contributed by atoms with Crippen LogP contribution < -0.4 is 5.32 Å². The first kappa shape index (κ1) is 23.8. The van der Waals surface area contributed by atoms with Gasteiger partial charge in [-0.05, 0) is 38.7 Å². The lowest BCUT2D eigenvalue weighted by atomic mass is 10.1. The van der Waals surface area contributed by atoms with Crippen molar-refractivity contribution < 1.29 is 14.3 Å². The zero-order valence-electron chi connectivity index (χ0n) is 19.3. The number of carbonyl (C=O) groups is 2. The molecular weight excluding hydrogens is 404 g/mol. The van der Waals surface area contributed by atoms with Crippen molar-refractivity contribution in [3.8, 4) is 0 Å². The predicted molar refractivity (Wildman–Crippen MR) is 126 cm³/mol. The summed E-state index contributed by atoms with van der Waals surface area (Å²) in [6, 6.07) is 17.4. The van der Waals surface area contributed by atoms with Gasteiger partial charge in [0.15, 0.2) is 0 Å². The van der Waals surface area contributed by atoms with E-state index in [2.05, 4.69) is 10.2 Å². The summed E-state index contributed by atoms with van der Waals surface area (Å²) in [6.45, 7) is 5.76. The number of hydrogen-bond donors (Lipinski definition) is 1. The summed E-state index contributed by atoms with van der Waals surface area (Å²) >= 11 is 0. The van der Waals surface area contributed by atoms with Crippen molar-refractivity contribution in [2.24, 2.45) is 0 Å². The molecule has 0 saturated carbocycles. The number of aryl methyl sites for hydroxylation is 1. The van der Waals surface area contributed by atoms with Crippen molar-refractivity contribution in [1.82, 2.24) is 20.0 Å². The predicted octanol–water partition coefficient (Wildman–Crippen LogP) is 2.61. The fraction of sp³-hybridized carbons (Fsp3) is 0.440. The number of benzene rings is 2. The first-order chi connectivity index (χ1) is 15.4. The third kappa shape index (κ3) is 7.07. The molecule has 32 heavy (non-hydrogen) atoms. The van der Waals surface area contributed by atoms with Crippen molar-refractivity contribution in [2.45, 2.75) is 19.6 Å². The molecule has 0 spiro atoms. The van der Waals surface area contributed by atoms with E-state index in [0.717, 1.165) is 17.7 Å². The van der Waals surface area contributed by atoms with Gasteiger partial charge in [0.05, 0.1) is 19.3 Å². The van der Waals surface area contributed by atoms with Crippen LogP contribution in [-0.4, -0.2) is 86.2 Å². The van der Waals surface area contributed by atoms with E-state index in [0.29, 0.717) is 44.9 Å². The number of morpholine rings is 1. The van der Waals surface area contributed by atoms with Gasteiger partial charge in [-0.2, -0.15) is 0 Å². The highest BCUT2D eigenvalue weighted by atomic mass is 16.5. The van der Waals surface area contributed by atoms with Gasteiger partial charge >= 0.3 is 6.03 Å². The van der Waals surface area contributed by atoms with Crippen LogP contribution in [0.25, 0.3) is 0 Å². The minimum atomic E-state index is -0.220. The van der Waals surface area contributed by atoms with Crippen LogP contribution in [0.3, 0.4) is 0 Å². The summed E-state index contributed by atoms with van der Waals surface area (Å²) in [5.41, 5.74) is 2.85. The third-order valence-electron chi connectivity index (χ3n) is 5.54. The maximum Gasteiger partial charge on any atom is 0.317 e. The minimum absolute atomic E-state index is 0.0129. The Labute approximate surface area is 190 Å². The molecule has 1 atom stereocenters. The van der Waals surface area contributed by atoms with Gasteiger partial charge < -0.3 is 24.8 Å². The topological polar surface area (TPSA) is 65.1 Å². The molecule has 7 heteroatoms. The Morgan fingerprint density at radius 1 is 1.06 bits per heavy atom. The van der Waals surface area contributed by atoms with Gasteiger partial charge in [-0.1, -0.05) is 48.0 Å². The Morgan fingerprint density at radius 2 is 1.78 bits per heavy atom. The van der Waals surface area contributed by atoms with Crippen LogP contribution in [0.4, 0.5) is 4.79 Å². The van der Waals surface area contributed by atoms with Crippen molar-refractivity contribution in [2.75, 3.05) is 53.4 Å². The van der Waals surface area contributed by atoms with Gasteiger partial charge in [-0.15, -0.1) is 0 Å². The number of nitrogens with one attached hydrogen (secondary N) is 1. The van der Waals surface area contributed by atoms with Crippen LogP contribution in [0.1, 0.15) is 21.5 Å². The fourth-order valence-electron chi connectivity index (χ4n) is 3.62. The molecule has 1 unspecified atom stereocenters. The molecule has 1 aliphatic heterocycles. The van der Waals surface area contributed by atoms with Crippen LogP contribution in [-0.2, 0) is 11.3 Å². The number of hydrogen-bond acceptors (Lipinski definition) is 4. The van der Waals surface area contributed by atoms with E-state index in [9.17, 15) is 9.59 Å². The van der Waals surface area contributed by atoms with E-state index in [-0.39, 0.29) is 18.0 Å². The second-order valence-corrected chi connectivity index (χ2v) is 8.50. The lowest BCUT2D eigenvalue weighted by molar-refractivity contribution is -0.0281. The molecular formula is C25H34N4O3. The molecule has 3 rings (SSSR count). The lowest BCUT2D eigenvalue weighted by Gasteiger charge is -2.36. The molecule has 0 aromatic heterocycles. The van der Waals surface area contributed by atoms with Crippen molar-refractivity contribution in [3.05, 3.63) is 71.3 Å². The number of carbonyl (C=O) groups excluding carboxylic acids is 2. The summed E-state index contributed by atoms with van der Waals surface area (Å²) in [7, 11) is 3.98. The quantitative estimate of drug-likeness (QED) is 0.688. The maximum atomic E-state index is 13.2. The minimum Gasteiger partial charge on any atom is -0.373 e. The van der Waals surface area contributed by atoms with Gasteiger partial charge in [0, 0.05) is 38.3 Å². The molecule has 7 nitrogen and oxygen atoms in total. The number of amides is 3. The van der Waals surface area contributed by atoms with Crippen molar-refractivity contribution >= 4 is 11.9 Å². The highest BCUT2D eigenvalue weighted by molar-refractivity contribution is 5.94. The molecule has 3 amide bonds. The molecule has 0 aliphatic carbocycles. The summed E-state index contributed by atoms with van der Waals surface area (Å²) in [4.78, 5) is 31.5. The van der Waals surface area contributed by atoms with E-state index in [4.69, 9.17) is 4.74 Å². The van der Waals surface area contributed by atoms with Crippen LogP contribution in [0.5, 0.6) is 0 Å². The molecule has 1 heterocycles. The Balaban J connectivity index is 1.60. The Bertz CT molecular complexity index is 871. The first-order valence-corrected chi connectivity index (χ1v) is 11.1. The van der Waals surface area contributed by atoms with Crippen LogP contribution in [0.15, 0.2) is 54.6 Å². The number of nitrogens with zero attached hydrogens (tertiary/aromatic N) is 3. The first-order valence-electron chi connectivity index (χ1n) is 11.1. The number of ether oxygens (including phenoxy) is 1. The molecule has 1 fully saturated rings. The number of urea groups is 1. The lowest BCUT2D eigenvalue weighted by Crippen LogP contribution is -2.53. The smallest absolute Gasteiger partial charge is 0.317 e. The Hall–Kier alpha value is -2.90. The van der Waals surface area contributed by atoms with E-state index >= 15 is 0 Å². The van der Waals surface area contributed by atoms with E-state index in [1.165, 1.54) is 0 Å². The molecule has 0 radical (unpaired) electrons. The molecule has 1 N–H and O–H groups in total. The van der Waals surface area contributed by atoms with Gasteiger partial charge in [0.2, 0.25) is 0 Å². The molecule has 2 aromatic rings. The Morgan fingerprint density at radius 3 is 2.47 bits per heavy atom. The van der Waals surface area contributed by atoms with Gasteiger partial charge in [0.1, 0.15) is 0 Å². The maximum absolute atomic E-state index is 13.2. The Kier molecular flexibility index (Phi) is 8.64. The molecule has 2 aromatic carbocycles. The molecule has 1 aliphatic rings. The van der Waals surface area contributed by atoms with Crippen LogP contribution >= 0.6 is 0 Å². The molecule has 172 valence electrons. The van der Waals surface area contributed by atoms with Crippen molar-refractivity contribution in [3.63, 3.8) is 0 Å². The van der Waals surface area contributed by atoms with Crippen LogP contribution in [0, 0.1) is 6.92 Å². The highest BCUT2D eigenvalue weighted by Crippen LogP contribution is 2.12. The summed E-state index contributed by atoms with van der Waals surface area (Å²) < 4.78 is 5.93. The summed E-state index contributed by atoms with van der Waals surface area (Å²) in [5, 5.41) is 2.98. The van der Waals surface area contributed by atoms with E-state index in [1.54, 1.807) is 4.90 Å². The summed E-state index contributed by atoms with van der Waals surface area (Å²) in [6.07, 6.45) is -0.220. The van der Waals surface area contributed by atoms with Crippen LogP contribution in [0.2, 0.25) is 0 Å². The number of likely N-dealkylation sites (N-methyl/N-ethyl adjacent to an activating group) is 1. The SMILES string of the molecule is Cc1ccc(C(=O)N(CCN(C)C)CC2CN(C(=O)NCc3ccccc3)CCO2)cc1. The second-order valence-electron chi connectivity index (χ2n) is 8.50. The summed E-state index contributed by atoms with van der Waals surface area (Å²) in [5.74, 6) is -0.0129.